The number of phosphoric ester groups is 2. The van der Waals surface area contributed by atoms with Gasteiger partial charge in [0.15, 0.2) is 12.2 Å². The Balaban J connectivity index is 5.23. The zero-order valence-electron chi connectivity index (χ0n) is 58.4. The lowest BCUT2D eigenvalue weighted by Gasteiger charge is -2.21. The zero-order chi connectivity index (χ0) is 66.5. The highest BCUT2D eigenvalue weighted by atomic mass is 31.2. The number of phosphoric acid groups is 2. The molecular formula is C71H138O17P2. The van der Waals surface area contributed by atoms with Gasteiger partial charge in [0.2, 0.25) is 0 Å². The van der Waals surface area contributed by atoms with Crippen LogP contribution >= 0.6 is 15.6 Å². The highest BCUT2D eigenvalue weighted by Gasteiger charge is 2.30. The molecule has 19 heteroatoms. The number of unbranched alkanes of at least 4 members (excludes halogenated alkanes) is 39. The molecule has 0 bridgehead atoms. The minimum absolute atomic E-state index is 0.102. The Hall–Kier alpha value is -1.94. The Morgan fingerprint density at radius 3 is 0.844 bits per heavy atom. The predicted octanol–water partition coefficient (Wildman–Crippen LogP) is 20.4. The fourth-order valence-electron chi connectivity index (χ4n) is 10.7. The average Bonchev–Trinajstić information content (AvgIpc) is 3.41. The second kappa shape index (κ2) is 63.1. The van der Waals surface area contributed by atoms with Gasteiger partial charge in [-0.1, -0.05) is 311 Å². The second-order valence-electron chi connectivity index (χ2n) is 26.3. The molecule has 0 rings (SSSR count). The number of carbonyl (C=O) groups excluding carboxylic acids is 4. The van der Waals surface area contributed by atoms with Gasteiger partial charge in [-0.2, -0.15) is 0 Å². The van der Waals surface area contributed by atoms with E-state index in [-0.39, 0.29) is 25.7 Å². The first-order valence-electron chi connectivity index (χ1n) is 37.0. The van der Waals surface area contributed by atoms with E-state index >= 15 is 0 Å². The summed E-state index contributed by atoms with van der Waals surface area (Å²) in [5.41, 5.74) is 0. The largest absolute Gasteiger partial charge is 0.472 e. The van der Waals surface area contributed by atoms with Crippen molar-refractivity contribution in [2.75, 3.05) is 39.6 Å². The minimum Gasteiger partial charge on any atom is -0.462 e. The van der Waals surface area contributed by atoms with Crippen molar-refractivity contribution in [1.29, 1.82) is 0 Å². The van der Waals surface area contributed by atoms with Gasteiger partial charge in [-0.3, -0.25) is 37.3 Å². The summed E-state index contributed by atoms with van der Waals surface area (Å²) < 4.78 is 68.3. The quantitative estimate of drug-likeness (QED) is 0.0222. The Bertz CT molecular complexity index is 1750. The first-order valence-corrected chi connectivity index (χ1v) is 40.0. The third-order valence-corrected chi connectivity index (χ3v) is 18.7. The Labute approximate surface area is 549 Å². The smallest absolute Gasteiger partial charge is 0.462 e. The van der Waals surface area contributed by atoms with Crippen LogP contribution in [0.2, 0.25) is 0 Å². The topological polar surface area (TPSA) is 237 Å². The van der Waals surface area contributed by atoms with Crippen LogP contribution in [0.5, 0.6) is 0 Å². The van der Waals surface area contributed by atoms with Gasteiger partial charge in [-0.25, -0.2) is 9.13 Å². The van der Waals surface area contributed by atoms with E-state index in [1.54, 1.807) is 0 Å². The van der Waals surface area contributed by atoms with E-state index in [1.807, 2.05) is 0 Å². The van der Waals surface area contributed by atoms with Gasteiger partial charge in [-0.15, -0.1) is 0 Å². The minimum atomic E-state index is -4.95. The van der Waals surface area contributed by atoms with Gasteiger partial charge >= 0.3 is 39.5 Å². The molecule has 534 valence electrons. The zero-order valence-corrected chi connectivity index (χ0v) is 60.2. The SMILES string of the molecule is CCCCCCCCCCCCCCCCCCCC(=O)O[C@H](COC(=O)CCCCCCCCCCCCCCCC)COP(=O)(O)OC[C@@H](O)COP(=O)(O)OC[C@@H](COC(=O)CCCCCCCCC(C)C)OC(=O)CCCCCCCCC(C)CC. The highest BCUT2D eigenvalue weighted by molar-refractivity contribution is 7.47. The van der Waals surface area contributed by atoms with Crippen LogP contribution in [0.25, 0.3) is 0 Å². The molecule has 3 unspecified atom stereocenters. The summed E-state index contributed by atoms with van der Waals surface area (Å²) in [6.45, 7) is 9.43. The van der Waals surface area contributed by atoms with Gasteiger partial charge in [0.05, 0.1) is 26.4 Å². The number of esters is 4. The van der Waals surface area contributed by atoms with E-state index in [2.05, 4.69) is 41.5 Å². The summed E-state index contributed by atoms with van der Waals surface area (Å²) in [7, 11) is -9.90. The third-order valence-electron chi connectivity index (χ3n) is 16.8. The molecule has 17 nitrogen and oxygen atoms in total. The van der Waals surface area contributed by atoms with E-state index in [0.717, 1.165) is 102 Å². The summed E-state index contributed by atoms with van der Waals surface area (Å²) in [6.07, 6.45) is 48.8. The third kappa shape index (κ3) is 63.5. The van der Waals surface area contributed by atoms with Crippen LogP contribution in [-0.2, 0) is 65.4 Å². The van der Waals surface area contributed by atoms with Crippen LogP contribution in [0.3, 0.4) is 0 Å². The summed E-state index contributed by atoms with van der Waals surface area (Å²) in [6, 6.07) is 0. The van der Waals surface area contributed by atoms with Crippen molar-refractivity contribution in [1.82, 2.24) is 0 Å². The molecule has 0 radical (unpaired) electrons. The lowest BCUT2D eigenvalue weighted by Crippen LogP contribution is -2.30. The van der Waals surface area contributed by atoms with Crippen LogP contribution in [0.15, 0.2) is 0 Å². The monoisotopic (exact) mass is 1320 g/mol. The van der Waals surface area contributed by atoms with Crippen LogP contribution in [0, 0.1) is 11.8 Å². The number of rotatable bonds is 70. The second-order valence-corrected chi connectivity index (χ2v) is 29.3. The maximum absolute atomic E-state index is 13.0. The Morgan fingerprint density at radius 2 is 0.567 bits per heavy atom. The average molecular weight is 1330 g/mol. The molecule has 0 saturated heterocycles. The number of hydrogen-bond acceptors (Lipinski definition) is 15. The van der Waals surface area contributed by atoms with Crippen molar-refractivity contribution in [2.45, 2.75) is 381 Å². The number of aliphatic hydroxyl groups excluding tert-OH is 1. The molecule has 90 heavy (non-hydrogen) atoms. The van der Waals surface area contributed by atoms with Gasteiger partial charge in [0.25, 0.3) is 0 Å². The molecule has 0 aliphatic carbocycles. The molecule has 0 saturated carbocycles. The Kier molecular flexibility index (Phi) is 61.8. The maximum Gasteiger partial charge on any atom is 0.472 e. The van der Waals surface area contributed by atoms with E-state index in [0.29, 0.717) is 31.6 Å². The standard InChI is InChI=1S/C71H138O17P2/c1-7-10-12-14-16-18-20-22-24-25-26-28-30-32-34-43-49-55-70(75)87-66(59-81-68(73)53-47-41-33-31-29-27-23-21-19-17-15-13-11-8-2)61-85-89(77,78)83-57-65(72)58-84-90(79,80)86-62-67(60-82-69(74)54-48-42-37-35-39-45-51-63(4)5)88-71(76)56-50-44-38-36-40-46-52-64(6)9-3/h63-67,72H,7-62H2,1-6H3,(H,77,78)(H,79,80)/t64?,65-,66-,67-/m1/s1. The molecule has 0 heterocycles. The fraction of sp³-hybridized carbons (Fsp3) is 0.944. The van der Waals surface area contributed by atoms with Crippen LogP contribution in [-0.4, -0.2) is 96.7 Å². The van der Waals surface area contributed by atoms with E-state index < -0.39 is 97.5 Å². The summed E-state index contributed by atoms with van der Waals surface area (Å²) in [5, 5.41) is 10.6. The number of aliphatic hydroxyl groups is 1. The van der Waals surface area contributed by atoms with Crippen molar-refractivity contribution >= 4 is 39.5 Å². The molecule has 0 spiro atoms. The molecule has 0 aliphatic heterocycles. The van der Waals surface area contributed by atoms with Crippen LogP contribution in [0.4, 0.5) is 0 Å². The van der Waals surface area contributed by atoms with Gasteiger partial charge in [-0.05, 0) is 37.5 Å². The van der Waals surface area contributed by atoms with Crippen molar-refractivity contribution in [3.63, 3.8) is 0 Å². The first kappa shape index (κ1) is 88.1. The van der Waals surface area contributed by atoms with Gasteiger partial charge in [0.1, 0.15) is 19.3 Å². The Morgan fingerprint density at radius 1 is 0.322 bits per heavy atom. The molecule has 0 amide bonds. The van der Waals surface area contributed by atoms with Crippen LogP contribution in [0.1, 0.15) is 363 Å². The van der Waals surface area contributed by atoms with Gasteiger partial charge in [0, 0.05) is 25.7 Å². The predicted molar refractivity (Wildman–Crippen MR) is 363 cm³/mol. The molecule has 0 fully saturated rings. The molecule has 0 aromatic carbocycles. The van der Waals surface area contributed by atoms with Crippen LogP contribution < -0.4 is 0 Å². The lowest BCUT2D eigenvalue weighted by molar-refractivity contribution is -0.161. The fourth-order valence-corrected chi connectivity index (χ4v) is 12.3. The highest BCUT2D eigenvalue weighted by Crippen LogP contribution is 2.45. The molecule has 6 atom stereocenters. The van der Waals surface area contributed by atoms with E-state index in [4.69, 9.17) is 37.0 Å². The normalized spacial score (nSPS) is 14.4. The first-order chi connectivity index (χ1) is 43.4. The van der Waals surface area contributed by atoms with E-state index in [1.165, 1.54) is 173 Å². The summed E-state index contributed by atoms with van der Waals surface area (Å²) >= 11 is 0. The molecule has 0 aliphatic rings. The lowest BCUT2D eigenvalue weighted by atomic mass is 10.00. The van der Waals surface area contributed by atoms with Crippen molar-refractivity contribution in [3.8, 4) is 0 Å². The van der Waals surface area contributed by atoms with E-state index in [9.17, 15) is 43.2 Å². The molecule has 0 aromatic heterocycles. The molecule has 0 aromatic rings. The summed E-state index contributed by atoms with van der Waals surface area (Å²) in [5.74, 6) is -0.727. The van der Waals surface area contributed by atoms with Crippen molar-refractivity contribution < 1.29 is 80.2 Å². The van der Waals surface area contributed by atoms with Crippen molar-refractivity contribution in [2.24, 2.45) is 11.8 Å². The maximum atomic E-state index is 13.0. The number of ether oxygens (including phenoxy) is 4. The van der Waals surface area contributed by atoms with Gasteiger partial charge < -0.3 is 33.8 Å². The van der Waals surface area contributed by atoms with Crippen molar-refractivity contribution in [3.05, 3.63) is 0 Å². The summed E-state index contributed by atoms with van der Waals surface area (Å²) in [4.78, 5) is 72.5. The molecule has 3 N–H and O–H groups in total. The molecular weight excluding hydrogens is 1190 g/mol. The number of hydrogen-bond donors (Lipinski definition) is 3. The number of carbonyl (C=O) groups is 4.